The average Bonchev–Trinajstić information content (AvgIpc) is 1.22. The van der Waals surface area contributed by atoms with Crippen molar-refractivity contribution in [1.29, 1.82) is 0 Å². The zero-order chi connectivity index (χ0) is 62.8. The Morgan fingerprint density at radius 3 is 0.956 bits per heavy atom. The normalized spacial score (nSPS) is 17.0. The molecular formula is C64H86N18O8. The van der Waals surface area contributed by atoms with Crippen molar-refractivity contribution in [2.45, 2.75) is 92.4 Å². The number of nitrogens with zero attached hydrogens (tertiary/aromatic N) is 15. The van der Waals surface area contributed by atoms with Gasteiger partial charge in [0.05, 0.1) is 53.4 Å². The molecule has 0 bridgehead atoms. The maximum Gasteiger partial charge on any atom is 0.412 e. The molecule has 12 rings (SSSR count). The van der Waals surface area contributed by atoms with Gasteiger partial charge in [0.1, 0.15) is 52.4 Å². The van der Waals surface area contributed by atoms with E-state index in [-0.39, 0.29) is 5.91 Å². The number of carbonyl (C=O) groups is 3. The molecule has 6 aromatic heterocycles. The molecule has 12 heterocycles. The molecule has 480 valence electrons. The number of nitrogens with one attached hydrogen (secondary N) is 3. The van der Waals surface area contributed by atoms with Gasteiger partial charge >= 0.3 is 12.2 Å². The van der Waals surface area contributed by atoms with Gasteiger partial charge < -0.3 is 58.4 Å². The lowest BCUT2D eigenvalue weighted by Gasteiger charge is -2.31. The molecule has 6 aromatic rings. The molecule has 3 amide bonds. The first-order valence-corrected chi connectivity index (χ1v) is 31.8. The number of piperidine rings is 3. The third kappa shape index (κ3) is 17.4. The quantitative estimate of drug-likeness (QED) is 0.0975. The number of pyridine rings is 3. The van der Waals surface area contributed by atoms with Gasteiger partial charge in [-0.15, -0.1) is 0 Å². The Labute approximate surface area is 526 Å². The Morgan fingerprint density at radius 2 is 0.689 bits per heavy atom. The Balaban J connectivity index is 0.000000149. The maximum absolute atomic E-state index is 11.7. The van der Waals surface area contributed by atoms with Crippen LogP contribution < -0.4 is 45.3 Å². The van der Waals surface area contributed by atoms with Gasteiger partial charge in [0.2, 0.25) is 5.91 Å². The number of amides is 3. The van der Waals surface area contributed by atoms with Crippen molar-refractivity contribution in [3.63, 3.8) is 0 Å². The molecule has 6 aliphatic heterocycles. The fourth-order valence-corrected chi connectivity index (χ4v) is 11.5. The van der Waals surface area contributed by atoms with E-state index in [0.717, 1.165) is 147 Å². The Kier molecular flexibility index (Phi) is 22.7. The summed E-state index contributed by atoms with van der Waals surface area (Å²) in [7, 11) is 1.32. The lowest BCUT2D eigenvalue weighted by atomic mass is 10.1. The van der Waals surface area contributed by atoms with Crippen molar-refractivity contribution in [3.8, 4) is 34.2 Å². The molecule has 6 aliphatic rings. The highest BCUT2D eigenvalue weighted by Crippen LogP contribution is 2.33. The number of hydrogen-bond donors (Lipinski definition) is 3. The van der Waals surface area contributed by atoms with Crippen molar-refractivity contribution in [2.24, 2.45) is 0 Å². The Hall–Kier alpha value is -8.62. The van der Waals surface area contributed by atoms with Gasteiger partial charge in [0.25, 0.3) is 0 Å². The van der Waals surface area contributed by atoms with Crippen LogP contribution in [0.5, 0.6) is 0 Å². The molecule has 0 atom stereocenters. The molecule has 6 fully saturated rings. The number of ether oxygens (including phenoxy) is 5. The fraction of sp³-hybridized carbons (Fsp3) is 0.531. The average molecular weight is 1240 g/mol. The monoisotopic (exact) mass is 1230 g/mol. The van der Waals surface area contributed by atoms with Crippen LogP contribution in [0.2, 0.25) is 0 Å². The van der Waals surface area contributed by atoms with Gasteiger partial charge in [0.15, 0.2) is 17.5 Å². The Bertz CT molecular complexity index is 3270. The summed E-state index contributed by atoms with van der Waals surface area (Å²) in [6, 6.07) is 11.8. The van der Waals surface area contributed by atoms with Gasteiger partial charge in [-0.1, -0.05) is 0 Å². The minimum absolute atomic E-state index is 0.136. The highest BCUT2D eigenvalue weighted by atomic mass is 16.5. The summed E-state index contributed by atoms with van der Waals surface area (Å²) in [5, 5.41) is 7.97. The number of anilines is 9. The minimum atomic E-state index is -0.549. The van der Waals surface area contributed by atoms with Crippen LogP contribution in [0.1, 0.15) is 88.3 Å². The van der Waals surface area contributed by atoms with Gasteiger partial charge in [-0.3, -0.25) is 15.4 Å². The summed E-state index contributed by atoms with van der Waals surface area (Å²) < 4.78 is 26.1. The first kappa shape index (κ1) is 64.4. The van der Waals surface area contributed by atoms with Crippen LogP contribution in [0.25, 0.3) is 34.2 Å². The van der Waals surface area contributed by atoms with Crippen LogP contribution in [0.15, 0.2) is 55.0 Å². The van der Waals surface area contributed by atoms with E-state index in [2.05, 4.69) is 83.2 Å². The lowest BCUT2D eigenvalue weighted by Crippen LogP contribution is -2.37. The molecule has 6 saturated heterocycles. The van der Waals surface area contributed by atoms with E-state index < -0.39 is 12.2 Å². The molecule has 0 spiro atoms. The van der Waals surface area contributed by atoms with Gasteiger partial charge in [-0.25, -0.2) is 54.4 Å². The number of carbonyl (C=O) groups excluding carboxylic acids is 3. The lowest BCUT2D eigenvalue weighted by molar-refractivity contribution is -0.114. The first-order chi connectivity index (χ1) is 43.9. The fourth-order valence-electron chi connectivity index (χ4n) is 11.5. The number of morpholine rings is 3. The zero-order valence-corrected chi connectivity index (χ0v) is 53.0. The summed E-state index contributed by atoms with van der Waals surface area (Å²) in [6.07, 6.45) is 15.0. The van der Waals surface area contributed by atoms with Crippen molar-refractivity contribution in [2.75, 3.05) is 177 Å². The van der Waals surface area contributed by atoms with Gasteiger partial charge in [-0.05, 0) is 120 Å². The second-order valence-electron chi connectivity index (χ2n) is 23.0. The Morgan fingerprint density at radius 1 is 0.411 bits per heavy atom. The van der Waals surface area contributed by atoms with E-state index in [1.165, 1.54) is 71.8 Å². The van der Waals surface area contributed by atoms with Gasteiger partial charge in [0, 0.05) is 139 Å². The largest absolute Gasteiger partial charge is 0.453 e. The van der Waals surface area contributed by atoms with E-state index >= 15 is 0 Å². The highest BCUT2D eigenvalue weighted by molar-refractivity contribution is 5.88. The number of aromatic nitrogens is 9. The standard InChI is InChI=1S/C22H30N6O3.C21H28N6O3.C21H28N6O2/c1-3-31-22(29)24-18-13-16(2)17(15-23-18)21-25-19(27-7-5-4-6-8-27)14-20(26-21)28-9-11-30-12-10-28;1-15-12-17(23-21(28)29-2)22-14-16(15)20-24-18(26-6-4-3-5-7-26)13-19(25-20)27-8-10-30-11-9-27;1-15-12-18(23-16(2)28)22-14-17(15)21-24-19(26-6-4-3-5-7-26)13-20(25-21)27-8-10-29-11-9-27/h13-15H,3-12H2,1-2H3,(H,23,24,29);12-14H,3-11H2,1-2H3,(H,22,23,28);12-14H,3-11H2,1-2H3,(H,22,23,28). The molecule has 0 aromatic carbocycles. The van der Waals surface area contributed by atoms with Crippen LogP contribution >= 0.6 is 0 Å². The van der Waals surface area contributed by atoms with E-state index in [4.69, 9.17) is 48.9 Å². The molecular weight excluding hydrogens is 1150 g/mol. The zero-order valence-electron chi connectivity index (χ0n) is 53.0. The summed E-state index contributed by atoms with van der Waals surface area (Å²) in [6.45, 7) is 24.7. The van der Waals surface area contributed by atoms with Crippen molar-refractivity contribution >= 4 is 70.5 Å². The van der Waals surface area contributed by atoms with Crippen LogP contribution in [0, 0.1) is 20.8 Å². The van der Waals surface area contributed by atoms with E-state index in [0.29, 0.717) is 81.2 Å². The van der Waals surface area contributed by atoms with Crippen LogP contribution in [0.3, 0.4) is 0 Å². The van der Waals surface area contributed by atoms with Crippen LogP contribution in [-0.4, -0.2) is 195 Å². The van der Waals surface area contributed by atoms with Crippen LogP contribution in [-0.2, 0) is 28.5 Å². The predicted octanol–water partition coefficient (Wildman–Crippen LogP) is 8.73. The highest BCUT2D eigenvalue weighted by Gasteiger charge is 2.25. The van der Waals surface area contributed by atoms with Gasteiger partial charge in [-0.2, -0.15) is 0 Å². The second-order valence-corrected chi connectivity index (χ2v) is 23.0. The predicted molar refractivity (Wildman–Crippen MR) is 348 cm³/mol. The molecule has 26 heteroatoms. The summed E-state index contributed by atoms with van der Waals surface area (Å²) >= 11 is 0. The second kappa shape index (κ2) is 31.7. The molecule has 26 nitrogen and oxygen atoms in total. The number of aryl methyl sites for hydroxylation is 3. The smallest absolute Gasteiger partial charge is 0.412 e. The molecule has 0 radical (unpaired) electrons. The number of hydrogen-bond acceptors (Lipinski definition) is 23. The number of methoxy groups -OCH3 is 1. The maximum atomic E-state index is 11.7. The van der Waals surface area contributed by atoms with Crippen LogP contribution in [0.4, 0.5) is 61.9 Å². The third-order valence-corrected chi connectivity index (χ3v) is 16.4. The minimum Gasteiger partial charge on any atom is -0.453 e. The summed E-state index contributed by atoms with van der Waals surface area (Å²) in [5.74, 6) is 8.91. The van der Waals surface area contributed by atoms with E-state index in [1.807, 2.05) is 32.9 Å². The molecule has 3 N–H and O–H groups in total. The van der Waals surface area contributed by atoms with Crippen molar-refractivity contribution in [3.05, 3.63) is 71.7 Å². The van der Waals surface area contributed by atoms with Crippen molar-refractivity contribution in [1.82, 2.24) is 44.9 Å². The molecule has 90 heavy (non-hydrogen) atoms. The van der Waals surface area contributed by atoms with Crippen molar-refractivity contribution < 1.29 is 38.1 Å². The van der Waals surface area contributed by atoms with E-state index in [9.17, 15) is 14.4 Å². The number of rotatable bonds is 13. The molecule has 0 aliphatic carbocycles. The molecule has 0 saturated carbocycles. The first-order valence-electron chi connectivity index (χ1n) is 31.8. The summed E-state index contributed by atoms with van der Waals surface area (Å²) in [4.78, 5) is 90.7. The van der Waals surface area contributed by atoms with E-state index in [1.54, 1.807) is 31.6 Å². The summed E-state index contributed by atoms with van der Waals surface area (Å²) in [5.41, 5.74) is 5.42. The topological polar surface area (TPSA) is 269 Å². The molecule has 0 unspecified atom stereocenters. The SMILES string of the molecule is CC(=O)Nc1cc(C)c(-c2nc(N3CCCCC3)cc(N3CCOCC3)n2)cn1.CCOC(=O)Nc1cc(C)c(-c2nc(N3CCCCC3)cc(N3CCOCC3)n2)cn1.COC(=O)Nc1cc(C)c(-c2nc(N3CCCCC3)cc(N3CCOCC3)n2)cn1. The third-order valence-electron chi connectivity index (χ3n) is 16.4.